The number of thiophene rings is 1. The number of carbonyl (C=O) groups is 1. The highest BCUT2D eigenvalue weighted by Gasteiger charge is 2.14. The first kappa shape index (κ1) is 19.1. The van der Waals surface area contributed by atoms with Crippen LogP contribution in [0.4, 0.5) is 5.82 Å². The molecule has 4 aromatic rings. The van der Waals surface area contributed by atoms with Crippen LogP contribution in [0.15, 0.2) is 41.9 Å². The van der Waals surface area contributed by atoms with Crippen molar-refractivity contribution in [2.75, 3.05) is 18.4 Å². The zero-order valence-corrected chi connectivity index (χ0v) is 17.4. The topological polar surface area (TPSA) is 84.7 Å². The molecule has 0 unspecified atom stereocenters. The van der Waals surface area contributed by atoms with Crippen LogP contribution in [0.2, 0.25) is 0 Å². The minimum absolute atomic E-state index is 0.0616. The van der Waals surface area contributed by atoms with Crippen LogP contribution in [0, 0.1) is 20.8 Å². The summed E-state index contributed by atoms with van der Waals surface area (Å²) in [6, 6.07) is 9.94. The lowest BCUT2D eigenvalue weighted by molar-refractivity contribution is 0.0959. The molecule has 0 radical (unpaired) electrons. The van der Waals surface area contributed by atoms with Crippen LogP contribution in [-0.2, 0) is 0 Å². The van der Waals surface area contributed by atoms with Gasteiger partial charge in [0.1, 0.15) is 11.6 Å². The molecule has 0 saturated heterocycles. The number of benzene rings is 1. The Kier molecular flexibility index (Phi) is 5.26. The van der Waals surface area contributed by atoms with E-state index < -0.39 is 0 Å². The van der Waals surface area contributed by atoms with Gasteiger partial charge < -0.3 is 10.6 Å². The Morgan fingerprint density at radius 2 is 2.00 bits per heavy atom. The zero-order chi connectivity index (χ0) is 20.4. The van der Waals surface area contributed by atoms with Gasteiger partial charge >= 0.3 is 0 Å². The third-order valence-electron chi connectivity index (χ3n) is 4.57. The summed E-state index contributed by atoms with van der Waals surface area (Å²) in [5.41, 5.74) is 4.10. The van der Waals surface area contributed by atoms with E-state index in [9.17, 15) is 4.79 Å². The van der Waals surface area contributed by atoms with Crippen molar-refractivity contribution in [3.63, 3.8) is 0 Å². The summed E-state index contributed by atoms with van der Waals surface area (Å²) in [6.45, 7) is 7.05. The number of hydrogen-bond donors (Lipinski definition) is 2. The lowest BCUT2D eigenvalue weighted by Gasteiger charge is -2.10. The number of amides is 1. The summed E-state index contributed by atoms with van der Waals surface area (Å²) in [7, 11) is 0. The van der Waals surface area contributed by atoms with Crippen LogP contribution in [0.1, 0.15) is 26.6 Å². The van der Waals surface area contributed by atoms with Gasteiger partial charge in [-0.3, -0.25) is 4.79 Å². The second-order valence-corrected chi connectivity index (χ2v) is 7.81. The monoisotopic (exact) mass is 406 g/mol. The molecule has 0 aliphatic rings. The summed E-state index contributed by atoms with van der Waals surface area (Å²) >= 11 is 1.43. The molecular formula is C21H22N6OS. The minimum Gasteiger partial charge on any atom is -0.368 e. The maximum absolute atomic E-state index is 12.0. The number of carbonyl (C=O) groups excluding carboxylic acids is 1. The Balaban J connectivity index is 1.53. The lowest BCUT2D eigenvalue weighted by Crippen LogP contribution is -2.28. The molecule has 2 N–H and O–H groups in total. The molecule has 7 nitrogen and oxygen atoms in total. The van der Waals surface area contributed by atoms with E-state index in [0.29, 0.717) is 29.6 Å². The van der Waals surface area contributed by atoms with E-state index in [1.165, 1.54) is 16.9 Å². The molecule has 3 aromatic heterocycles. The van der Waals surface area contributed by atoms with Gasteiger partial charge in [-0.2, -0.15) is 5.10 Å². The predicted molar refractivity (Wildman–Crippen MR) is 116 cm³/mol. The van der Waals surface area contributed by atoms with Crippen molar-refractivity contribution in [3.05, 3.63) is 63.7 Å². The molecule has 0 saturated carbocycles. The van der Waals surface area contributed by atoms with Gasteiger partial charge in [0.05, 0.1) is 22.1 Å². The molecular weight excluding hydrogens is 384 g/mol. The number of fused-ring (bicyclic) bond motifs is 1. The SMILES string of the molecule is Cc1ccc(-n2ncc3c(NCCNC(=O)c4cccs4)nc(C)nc32)c(C)c1. The molecule has 0 aliphatic carbocycles. The van der Waals surface area contributed by atoms with Crippen LogP contribution < -0.4 is 10.6 Å². The van der Waals surface area contributed by atoms with Gasteiger partial charge in [-0.25, -0.2) is 14.6 Å². The summed E-state index contributed by atoms with van der Waals surface area (Å²) in [6.07, 6.45) is 1.78. The average molecular weight is 407 g/mol. The molecule has 3 heterocycles. The van der Waals surface area contributed by atoms with Crippen molar-refractivity contribution in [3.8, 4) is 5.69 Å². The van der Waals surface area contributed by atoms with Crippen LogP contribution in [-0.4, -0.2) is 38.7 Å². The van der Waals surface area contributed by atoms with E-state index in [1.807, 2.05) is 29.1 Å². The minimum atomic E-state index is -0.0616. The molecule has 4 rings (SSSR count). The molecule has 0 fully saturated rings. The standard InChI is InChI=1S/C21H22N6OS/c1-13-6-7-17(14(2)11-13)27-20-16(12-24-27)19(25-15(3)26-20)22-8-9-23-21(28)18-5-4-10-29-18/h4-7,10-12H,8-9H2,1-3H3,(H,23,28)(H,22,25,26). The highest BCUT2D eigenvalue weighted by Crippen LogP contribution is 2.24. The Morgan fingerprint density at radius 1 is 1.14 bits per heavy atom. The van der Waals surface area contributed by atoms with E-state index in [1.54, 1.807) is 6.20 Å². The van der Waals surface area contributed by atoms with Crippen LogP contribution in [0.3, 0.4) is 0 Å². The number of rotatable bonds is 6. The number of nitrogens with zero attached hydrogens (tertiary/aromatic N) is 4. The molecule has 8 heteroatoms. The maximum Gasteiger partial charge on any atom is 0.261 e. The second-order valence-electron chi connectivity index (χ2n) is 6.86. The van der Waals surface area contributed by atoms with Crippen LogP contribution in [0.5, 0.6) is 0 Å². The zero-order valence-electron chi connectivity index (χ0n) is 16.6. The molecule has 148 valence electrons. The van der Waals surface area contributed by atoms with Crippen molar-refractivity contribution in [1.82, 2.24) is 25.1 Å². The highest BCUT2D eigenvalue weighted by molar-refractivity contribution is 7.12. The molecule has 0 atom stereocenters. The summed E-state index contributed by atoms with van der Waals surface area (Å²) in [4.78, 5) is 21.9. The van der Waals surface area contributed by atoms with Crippen molar-refractivity contribution < 1.29 is 4.79 Å². The summed E-state index contributed by atoms with van der Waals surface area (Å²) < 4.78 is 1.85. The average Bonchev–Trinajstić information content (AvgIpc) is 3.35. The van der Waals surface area contributed by atoms with Crippen molar-refractivity contribution >= 4 is 34.1 Å². The molecule has 0 bridgehead atoms. The Morgan fingerprint density at radius 3 is 2.76 bits per heavy atom. The van der Waals surface area contributed by atoms with E-state index >= 15 is 0 Å². The fourth-order valence-corrected chi connectivity index (χ4v) is 3.86. The van der Waals surface area contributed by atoms with E-state index in [0.717, 1.165) is 22.3 Å². The Bertz CT molecular complexity index is 1170. The second kappa shape index (κ2) is 8.00. The van der Waals surface area contributed by atoms with E-state index in [-0.39, 0.29) is 5.91 Å². The first-order valence-electron chi connectivity index (χ1n) is 9.38. The van der Waals surface area contributed by atoms with Gasteiger partial charge in [-0.05, 0) is 43.8 Å². The highest BCUT2D eigenvalue weighted by atomic mass is 32.1. The number of aryl methyl sites for hydroxylation is 3. The third kappa shape index (κ3) is 3.97. The number of hydrogen-bond acceptors (Lipinski definition) is 6. The third-order valence-corrected chi connectivity index (χ3v) is 5.44. The lowest BCUT2D eigenvalue weighted by atomic mass is 10.1. The van der Waals surface area contributed by atoms with Gasteiger partial charge in [0.2, 0.25) is 0 Å². The smallest absolute Gasteiger partial charge is 0.261 e. The van der Waals surface area contributed by atoms with Crippen molar-refractivity contribution in [1.29, 1.82) is 0 Å². The summed E-state index contributed by atoms with van der Waals surface area (Å²) in [5, 5.41) is 13.5. The van der Waals surface area contributed by atoms with E-state index in [4.69, 9.17) is 0 Å². The number of anilines is 1. The van der Waals surface area contributed by atoms with Gasteiger partial charge in [0, 0.05) is 13.1 Å². The van der Waals surface area contributed by atoms with Gasteiger partial charge in [-0.1, -0.05) is 23.8 Å². The summed E-state index contributed by atoms with van der Waals surface area (Å²) in [5.74, 6) is 1.32. The van der Waals surface area contributed by atoms with Crippen molar-refractivity contribution in [2.45, 2.75) is 20.8 Å². The Hall–Kier alpha value is -3.26. The first-order valence-corrected chi connectivity index (χ1v) is 10.3. The first-order chi connectivity index (χ1) is 14.0. The molecule has 0 aliphatic heterocycles. The van der Waals surface area contributed by atoms with Crippen LogP contribution in [0.25, 0.3) is 16.7 Å². The quantitative estimate of drug-likeness (QED) is 0.478. The largest absolute Gasteiger partial charge is 0.368 e. The van der Waals surface area contributed by atoms with Gasteiger partial charge in [-0.15, -0.1) is 11.3 Å². The maximum atomic E-state index is 12.0. The molecule has 0 spiro atoms. The van der Waals surface area contributed by atoms with Gasteiger partial charge in [0.15, 0.2) is 5.65 Å². The number of aromatic nitrogens is 4. The normalized spacial score (nSPS) is 11.0. The molecule has 29 heavy (non-hydrogen) atoms. The fraction of sp³-hybridized carbons (Fsp3) is 0.238. The van der Waals surface area contributed by atoms with Crippen LogP contribution >= 0.6 is 11.3 Å². The molecule has 1 aromatic carbocycles. The number of nitrogens with one attached hydrogen (secondary N) is 2. The van der Waals surface area contributed by atoms with E-state index in [2.05, 4.69) is 57.7 Å². The molecule has 1 amide bonds. The van der Waals surface area contributed by atoms with Gasteiger partial charge in [0.25, 0.3) is 5.91 Å². The predicted octanol–water partition coefficient (Wildman–Crippen LogP) is 3.64. The fourth-order valence-electron chi connectivity index (χ4n) is 3.22. The Labute approximate surface area is 172 Å². The van der Waals surface area contributed by atoms with Crippen molar-refractivity contribution in [2.24, 2.45) is 0 Å².